The van der Waals surface area contributed by atoms with E-state index in [1.807, 2.05) is 36.4 Å². The number of ether oxygens (including phenoxy) is 2. The zero-order chi connectivity index (χ0) is 22.9. The van der Waals surface area contributed by atoms with Gasteiger partial charge in [0.15, 0.2) is 17.3 Å². The summed E-state index contributed by atoms with van der Waals surface area (Å²) in [6.07, 6.45) is 1.47. The van der Waals surface area contributed by atoms with Gasteiger partial charge in [0, 0.05) is 10.9 Å². The van der Waals surface area contributed by atoms with Gasteiger partial charge in [-0.2, -0.15) is 9.78 Å². The van der Waals surface area contributed by atoms with Crippen LogP contribution in [0, 0.1) is 0 Å². The number of para-hydroxylation sites is 2. The first-order chi connectivity index (χ1) is 16.1. The molecule has 2 heterocycles. The van der Waals surface area contributed by atoms with Gasteiger partial charge in [0.25, 0.3) is 5.56 Å². The molecule has 0 aliphatic rings. The number of phenolic OH excluding ortho intramolecular Hbond substituents is 1. The molecule has 5 rings (SSSR count). The van der Waals surface area contributed by atoms with Crippen LogP contribution in [0.1, 0.15) is 5.56 Å². The molecule has 0 saturated carbocycles. The van der Waals surface area contributed by atoms with Crippen LogP contribution >= 0.6 is 0 Å². The van der Waals surface area contributed by atoms with E-state index in [2.05, 4.69) is 10.1 Å². The van der Waals surface area contributed by atoms with Crippen molar-refractivity contribution in [3.63, 3.8) is 0 Å². The van der Waals surface area contributed by atoms with Crippen molar-refractivity contribution < 1.29 is 19.0 Å². The summed E-state index contributed by atoms with van der Waals surface area (Å²) in [6.45, 7) is 0. The molecule has 0 radical (unpaired) electrons. The van der Waals surface area contributed by atoms with Gasteiger partial charge in [0.2, 0.25) is 11.6 Å². The number of furan rings is 1. The molecule has 0 aliphatic heterocycles. The molecule has 164 valence electrons. The number of methoxy groups -OCH3 is 2. The van der Waals surface area contributed by atoms with E-state index in [1.165, 1.54) is 25.1 Å². The number of aromatic nitrogens is 2. The molecule has 0 bridgehead atoms. The standard InChI is InChI=1S/C25H19N3O5/c1-31-20-11-15(12-21(32-2)23(20)29)14-26-28-24(22-13-16-7-3-6-10-19(16)33-22)27-18-9-5-4-8-17(18)25(28)30/h3-14,29H,1-2H3. The summed E-state index contributed by atoms with van der Waals surface area (Å²) < 4.78 is 17.6. The molecule has 8 nitrogen and oxygen atoms in total. The number of rotatable bonds is 5. The van der Waals surface area contributed by atoms with E-state index in [4.69, 9.17) is 13.9 Å². The maximum Gasteiger partial charge on any atom is 0.282 e. The molecule has 8 heteroatoms. The number of hydrogen-bond donors (Lipinski definition) is 1. The van der Waals surface area contributed by atoms with Gasteiger partial charge >= 0.3 is 0 Å². The molecule has 0 saturated heterocycles. The minimum atomic E-state index is -0.343. The van der Waals surface area contributed by atoms with Crippen molar-refractivity contribution in [3.8, 4) is 28.8 Å². The van der Waals surface area contributed by atoms with Crippen molar-refractivity contribution in [3.05, 3.63) is 82.6 Å². The molecule has 0 unspecified atom stereocenters. The van der Waals surface area contributed by atoms with Crippen LogP contribution in [-0.2, 0) is 0 Å². The van der Waals surface area contributed by atoms with Crippen molar-refractivity contribution in [2.75, 3.05) is 14.2 Å². The number of nitrogens with zero attached hydrogens (tertiary/aromatic N) is 3. The summed E-state index contributed by atoms with van der Waals surface area (Å²) in [4.78, 5) is 18.0. The predicted molar refractivity (Wildman–Crippen MR) is 125 cm³/mol. The molecule has 0 fully saturated rings. The lowest BCUT2D eigenvalue weighted by Crippen LogP contribution is -2.20. The van der Waals surface area contributed by atoms with Crippen LogP contribution in [0.25, 0.3) is 33.5 Å². The highest BCUT2D eigenvalue weighted by molar-refractivity contribution is 5.85. The Bertz CT molecular complexity index is 1520. The SMILES string of the molecule is COc1cc(C=Nn2c(-c3cc4ccccc4o3)nc3ccccc3c2=O)cc(OC)c1O. The summed E-state index contributed by atoms with van der Waals surface area (Å²) in [5.74, 6) is 1.00. The normalized spacial score (nSPS) is 11.5. The van der Waals surface area contributed by atoms with Gasteiger partial charge in [-0.15, -0.1) is 0 Å². The van der Waals surface area contributed by atoms with Crippen molar-refractivity contribution in [1.82, 2.24) is 9.66 Å². The van der Waals surface area contributed by atoms with E-state index in [-0.39, 0.29) is 28.6 Å². The predicted octanol–water partition coefficient (Wildman–Crippen LogP) is 4.41. The summed E-state index contributed by atoms with van der Waals surface area (Å²) in [5.41, 5.74) is 1.43. The first kappa shape index (κ1) is 20.3. The Morgan fingerprint density at radius 1 is 1.00 bits per heavy atom. The van der Waals surface area contributed by atoms with E-state index in [0.29, 0.717) is 27.8 Å². The first-order valence-corrected chi connectivity index (χ1v) is 10.1. The van der Waals surface area contributed by atoms with Crippen molar-refractivity contribution >= 4 is 28.1 Å². The average Bonchev–Trinajstić information content (AvgIpc) is 3.28. The molecule has 0 atom stereocenters. The van der Waals surface area contributed by atoms with E-state index in [9.17, 15) is 9.90 Å². The lowest BCUT2D eigenvalue weighted by atomic mass is 10.2. The van der Waals surface area contributed by atoms with Gasteiger partial charge in [0.05, 0.1) is 31.3 Å². The van der Waals surface area contributed by atoms with Crippen LogP contribution in [0.2, 0.25) is 0 Å². The smallest absolute Gasteiger partial charge is 0.282 e. The Morgan fingerprint density at radius 3 is 2.42 bits per heavy atom. The lowest BCUT2D eigenvalue weighted by molar-refractivity contribution is 0.340. The Morgan fingerprint density at radius 2 is 1.70 bits per heavy atom. The van der Waals surface area contributed by atoms with Gasteiger partial charge in [0.1, 0.15) is 5.58 Å². The zero-order valence-electron chi connectivity index (χ0n) is 17.9. The van der Waals surface area contributed by atoms with Gasteiger partial charge in [-0.1, -0.05) is 30.3 Å². The monoisotopic (exact) mass is 441 g/mol. The van der Waals surface area contributed by atoms with Gasteiger partial charge in [-0.3, -0.25) is 4.79 Å². The van der Waals surface area contributed by atoms with E-state index in [0.717, 1.165) is 5.39 Å². The topological polar surface area (TPSA) is 99.1 Å². The molecule has 0 amide bonds. The van der Waals surface area contributed by atoms with E-state index >= 15 is 0 Å². The third-order valence-electron chi connectivity index (χ3n) is 5.22. The Labute approximate surface area is 187 Å². The molecular weight excluding hydrogens is 422 g/mol. The van der Waals surface area contributed by atoms with E-state index < -0.39 is 0 Å². The second kappa shape index (κ2) is 8.16. The molecule has 0 aliphatic carbocycles. The lowest BCUT2D eigenvalue weighted by Gasteiger charge is -2.10. The van der Waals surface area contributed by atoms with Gasteiger partial charge in [-0.05, 0) is 36.4 Å². The summed E-state index contributed by atoms with van der Waals surface area (Å²) in [5, 5.41) is 15.9. The summed E-state index contributed by atoms with van der Waals surface area (Å²) >= 11 is 0. The molecule has 5 aromatic rings. The fourth-order valence-corrected chi connectivity index (χ4v) is 3.60. The second-order valence-corrected chi connectivity index (χ2v) is 7.24. The van der Waals surface area contributed by atoms with Crippen LogP contribution in [-0.4, -0.2) is 35.2 Å². The number of hydrogen-bond acceptors (Lipinski definition) is 7. The quantitative estimate of drug-likeness (QED) is 0.406. The molecule has 3 aromatic carbocycles. The van der Waals surface area contributed by atoms with E-state index in [1.54, 1.807) is 30.3 Å². The van der Waals surface area contributed by atoms with Crippen molar-refractivity contribution in [2.24, 2.45) is 5.10 Å². The molecule has 33 heavy (non-hydrogen) atoms. The van der Waals surface area contributed by atoms with Crippen LogP contribution in [0.5, 0.6) is 17.2 Å². The third-order valence-corrected chi connectivity index (χ3v) is 5.22. The maximum atomic E-state index is 13.3. The minimum Gasteiger partial charge on any atom is -0.502 e. The highest BCUT2D eigenvalue weighted by Gasteiger charge is 2.17. The van der Waals surface area contributed by atoms with Gasteiger partial charge < -0.3 is 19.0 Å². The highest BCUT2D eigenvalue weighted by Crippen LogP contribution is 2.36. The summed E-state index contributed by atoms with van der Waals surface area (Å²) in [6, 6.07) is 19.6. The van der Waals surface area contributed by atoms with Crippen LogP contribution in [0.15, 0.2) is 81.0 Å². The third kappa shape index (κ3) is 3.57. The van der Waals surface area contributed by atoms with Crippen LogP contribution in [0.3, 0.4) is 0 Å². The molecule has 2 aromatic heterocycles. The average molecular weight is 441 g/mol. The number of benzene rings is 3. The Hall–Kier alpha value is -4.59. The number of aromatic hydroxyl groups is 1. The Balaban J connectivity index is 1.71. The maximum absolute atomic E-state index is 13.3. The fourth-order valence-electron chi connectivity index (χ4n) is 3.60. The fraction of sp³-hybridized carbons (Fsp3) is 0.0800. The summed E-state index contributed by atoms with van der Waals surface area (Å²) in [7, 11) is 2.87. The second-order valence-electron chi connectivity index (χ2n) is 7.24. The minimum absolute atomic E-state index is 0.121. The molecule has 0 spiro atoms. The first-order valence-electron chi connectivity index (χ1n) is 10.1. The number of fused-ring (bicyclic) bond motifs is 2. The molecular formula is C25H19N3O5. The molecule has 1 N–H and O–H groups in total. The highest BCUT2D eigenvalue weighted by atomic mass is 16.5. The van der Waals surface area contributed by atoms with Crippen LogP contribution < -0.4 is 15.0 Å². The van der Waals surface area contributed by atoms with Crippen LogP contribution in [0.4, 0.5) is 0 Å². The van der Waals surface area contributed by atoms with Crippen molar-refractivity contribution in [1.29, 1.82) is 0 Å². The zero-order valence-corrected chi connectivity index (χ0v) is 17.9. The van der Waals surface area contributed by atoms with Crippen molar-refractivity contribution in [2.45, 2.75) is 0 Å². The van der Waals surface area contributed by atoms with Gasteiger partial charge in [-0.25, -0.2) is 4.98 Å². The number of phenols is 1. The largest absolute Gasteiger partial charge is 0.502 e. The Kier molecular flexibility index (Phi) is 5.02.